The SMILES string of the molecule is C#CCC(CC)NC(=O)NCC(CC)C(=O)O. The first-order chi connectivity index (χ1) is 8.04. The maximum absolute atomic E-state index is 11.4. The lowest BCUT2D eigenvalue weighted by molar-refractivity contribution is -0.141. The van der Waals surface area contributed by atoms with E-state index in [1.54, 1.807) is 6.92 Å². The first-order valence-electron chi connectivity index (χ1n) is 5.75. The Labute approximate surface area is 102 Å². The molecule has 2 atom stereocenters. The van der Waals surface area contributed by atoms with Crippen LogP contribution in [0.3, 0.4) is 0 Å². The Hall–Kier alpha value is -1.70. The molecule has 0 saturated carbocycles. The highest BCUT2D eigenvalue weighted by Gasteiger charge is 2.16. The second kappa shape index (κ2) is 8.45. The fraction of sp³-hybridized carbons (Fsp3) is 0.667. The van der Waals surface area contributed by atoms with Crippen LogP contribution in [0.4, 0.5) is 4.79 Å². The van der Waals surface area contributed by atoms with Gasteiger partial charge in [-0.05, 0) is 12.8 Å². The second-order valence-corrected chi connectivity index (χ2v) is 3.81. The first-order valence-corrected chi connectivity index (χ1v) is 5.75. The van der Waals surface area contributed by atoms with Gasteiger partial charge in [-0.3, -0.25) is 4.79 Å². The topological polar surface area (TPSA) is 78.4 Å². The van der Waals surface area contributed by atoms with Crippen LogP contribution >= 0.6 is 0 Å². The predicted molar refractivity (Wildman–Crippen MR) is 65.5 cm³/mol. The predicted octanol–water partition coefficient (Wildman–Crippen LogP) is 1.20. The molecule has 0 radical (unpaired) electrons. The van der Waals surface area contributed by atoms with E-state index in [-0.39, 0.29) is 18.6 Å². The lowest BCUT2D eigenvalue weighted by atomic mass is 10.1. The maximum Gasteiger partial charge on any atom is 0.315 e. The summed E-state index contributed by atoms with van der Waals surface area (Å²) in [6.45, 7) is 3.82. The Morgan fingerprint density at radius 3 is 2.41 bits per heavy atom. The summed E-state index contributed by atoms with van der Waals surface area (Å²) in [4.78, 5) is 22.2. The molecular formula is C12H20N2O3. The van der Waals surface area contributed by atoms with Crippen LogP contribution in [-0.2, 0) is 4.79 Å². The third-order valence-corrected chi connectivity index (χ3v) is 2.54. The second-order valence-electron chi connectivity index (χ2n) is 3.81. The van der Waals surface area contributed by atoms with Gasteiger partial charge in [0.15, 0.2) is 0 Å². The number of carboxylic acids is 1. The van der Waals surface area contributed by atoms with Gasteiger partial charge in [0.25, 0.3) is 0 Å². The molecule has 0 saturated heterocycles. The normalized spacial score (nSPS) is 13.2. The van der Waals surface area contributed by atoms with E-state index in [0.29, 0.717) is 12.8 Å². The van der Waals surface area contributed by atoms with Crippen LogP contribution in [0.5, 0.6) is 0 Å². The smallest absolute Gasteiger partial charge is 0.315 e. The number of carbonyl (C=O) groups is 2. The number of hydrogen-bond donors (Lipinski definition) is 3. The van der Waals surface area contributed by atoms with Crippen molar-refractivity contribution in [1.29, 1.82) is 0 Å². The molecule has 0 fully saturated rings. The molecule has 2 amide bonds. The molecule has 0 rings (SSSR count). The summed E-state index contributed by atoms with van der Waals surface area (Å²) in [5, 5.41) is 14.0. The Bertz CT molecular complexity index is 297. The van der Waals surface area contributed by atoms with Crippen molar-refractivity contribution in [3.05, 3.63) is 0 Å². The Morgan fingerprint density at radius 1 is 1.35 bits per heavy atom. The van der Waals surface area contributed by atoms with E-state index in [0.717, 1.165) is 6.42 Å². The van der Waals surface area contributed by atoms with E-state index in [2.05, 4.69) is 16.6 Å². The maximum atomic E-state index is 11.4. The molecule has 0 aromatic carbocycles. The zero-order chi connectivity index (χ0) is 13.3. The minimum atomic E-state index is -0.900. The number of carboxylic acid groups (broad SMARTS) is 1. The van der Waals surface area contributed by atoms with Gasteiger partial charge in [-0.1, -0.05) is 13.8 Å². The lowest BCUT2D eigenvalue weighted by Crippen LogP contribution is -2.44. The molecule has 0 heterocycles. The quantitative estimate of drug-likeness (QED) is 0.585. The van der Waals surface area contributed by atoms with E-state index < -0.39 is 11.9 Å². The monoisotopic (exact) mass is 240 g/mol. The van der Waals surface area contributed by atoms with Crippen molar-refractivity contribution in [3.8, 4) is 12.3 Å². The highest BCUT2D eigenvalue weighted by Crippen LogP contribution is 2.00. The van der Waals surface area contributed by atoms with Crippen LogP contribution in [0.2, 0.25) is 0 Å². The van der Waals surface area contributed by atoms with Crippen LogP contribution in [-0.4, -0.2) is 29.7 Å². The average Bonchev–Trinajstić information content (AvgIpc) is 2.28. The largest absolute Gasteiger partial charge is 0.481 e. The van der Waals surface area contributed by atoms with E-state index in [1.807, 2.05) is 6.92 Å². The highest BCUT2D eigenvalue weighted by molar-refractivity contribution is 5.76. The van der Waals surface area contributed by atoms with Crippen LogP contribution in [0.15, 0.2) is 0 Å². The van der Waals surface area contributed by atoms with Crippen LogP contribution < -0.4 is 10.6 Å². The Kier molecular flexibility index (Phi) is 7.61. The molecule has 17 heavy (non-hydrogen) atoms. The van der Waals surface area contributed by atoms with E-state index in [4.69, 9.17) is 11.5 Å². The first kappa shape index (κ1) is 15.3. The number of urea groups is 1. The Balaban J connectivity index is 4.01. The van der Waals surface area contributed by atoms with Gasteiger partial charge in [0.2, 0.25) is 0 Å². The standard InChI is InChI=1S/C12H20N2O3/c1-4-7-10(6-3)14-12(17)13-8-9(5-2)11(15)16/h1,9-10H,5-8H2,2-3H3,(H,15,16)(H2,13,14,17). The number of hydrogen-bond acceptors (Lipinski definition) is 2. The number of rotatable bonds is 7. The number of carbonyl (C=O) groups excluding carboxylic acids is 1. The Morgan fingerprint density at radius 2 is 2.00 bits per heavy atom. The summed E-state index contributed by atoms with van der Waals surface area (Å²) in [6.07, 6.45) is 6.86. The third kappa shape index (κ3) is 6.46. The molecule has 0 aliphatic rings. The van der Waals surface area contributed by atoms with Gasteiger partial charge in [-0.2, -0.15) is 0 Å². The van der Waals surface area contributed by atoms with Crippen LogP contribution in [0.25, 0.3) is 0 Å². The van der Waals surface area contributed by atoms with Crippen LogP contribution in [0.1, 0.15) is 33.1 Å². The molecule has 2 unspecified atom stereocenters. The van der Waals surface area contributed by atoms with Crippen molar-refractivity contribution in [3.63, 3.8) is 0 Å². The van der Waals surface area contributed by atoms with Crippen molar-refractivity contribution in [2.45, 2.75) is 39.2 Å². The van der Waals surface area contributed by atoms with E-state index in [1.165, 1.54) is 0 Å². The number of aliphatic carboxylic acids is 1. The van der Waals surface area contributed by atoms with Gasteiger partial charge in [-0.15, -0.1) is 12.3 Å². The average molecular weight is 240 g/mol. The van der Waals surface area contributed by atoms with E-state index in [9.17, 15) is 9.59 Å². The van der Waals surface area contributed by atoms with Gasteiger partial charge in [-0.25, -0.2) is 4.79 Å². The minimum absolute atomic E-state index is 0.0649. The van der Waals surface area contributed by atoms with E-state index >= 15 is 0 Å². The summed E-state index contributed by atoms with van der Waals surface area (Å²) in [5.41, 5.74) is 0. The highest BCUT2D eigenvalue weighted by atomic mass is 16.4. The molecule has 0 aliphatic carbocycles. The van der Waals surface area contributed by atoms with Crippen molar-refractivity contribution in [2.75, 3.05) is 6.54 Å². The van der Waals surface area contributed by atoms with Crippen molar-refractivity contribution < 1.29 is 14.7 Å². The summed E-state index contributed by atoms with van der Waals surface area (Å²) in [6, 6.07) is -0.434. The van der Waals surface area contributed by atoms with Crippen LogP contribution in [0, 0.1) is 18.3 Å². The van der Waals surface area contributed by atoms with Gasteiger partial charge in [0, 0.05) is 19.0 Å². The molecule has 0 aromatic rings. The van der Waals surface area contributed by atoms with Gasteiger partial charge >= 0.3 is 12.0 Å². The molecule has 5 heteroatoms. The zero-order valence-electron chi connectivity index (χ0n) is 10.3. The summed E-state index contributed by atoms with van der Waals surface area (Å²) >= 11 is 0. The molecule has 0 aliphatic heterocycles. The fourth-order valence-electron chi connectivity index (χ4n) is 1.30. The molecule has 96 valence electrons. The summed E-state index contributed by atoms with van der Waals surface area (Å²) in [7, 11) is 0. The van der Waals surface area contributed by atoms with Crippen molar-refractivity contribution >= 4 is 12.0 Å². The van der Waals surface area contributed by atoms with Gasteiger partial charge in [0.05, 0.1) is 5.92 Å². The number of nitrogens with one attached hydrogen (secondary N) is 2. The summed E-state index contributed by atoms with van der Waals surface area (Å²) in [5.74, 6) is 1.03. The van der Waals surface area contributed by atoms with Crippen molar-refractivity contribution in [1.82, 2.24) is 10.6 Å². The lowest BCUT2D eigenvalue weighted by Gasteiger charge is -2.16. The molecule has 0 bridgehead atoms. The molecule has 0 aromatic heterocycles. The minimum Gasteiger partial charge on any atom is -0.481 e. The third-order valence-electron chi connectivity index (χ3n) is 2.54. The van der Waals surface area contributed by atoms with Gasteiger partial charge < -0.3 is 15.7 Å². The number of amides is 2. The van der Waals surface area contributed by atoms with Gasteiger partial charge in [0.1, 0.15) is 0 Å². The number of terminal acetylenes is 1. The molecule has 5 nitrogen and oxygen atoms in total. The van der Waals surface area contributed by atoms with Crippen molar-refractivity contribution in [2.24, 2.45) is 5.92 Å². The molecular weight excluding hydrogens is 220 g/mol. The zero-order valence-corrected chi connectivity index (χ0v) is 10.3. The molecule has 0 spiro atoms. The fourth-order valence-corrected chi connectivity index (χ4v) is 1.30. The molecule has 3 N–H and O–H groups in total. The summed E-state index contributed by atoms with van der Waals surface area (Å²) < 4.78 is 0.